The average Bonchev–Trinajstić information content (AvgIpc) is 2.65. The minimum Gasteiger partial charge on any atom is -0.207 e. The number of aryl methyl sites for hydroxylation is 2. The maximum Gasteiger partial charge on any atom is 0.126 e. The second kappa shape index (κ2) is 10.3. The second-order valence-electron chi connectivity index (χ2n) is 7.80. The Morgan fingerprint density at radius 3 is 2.38 bits per heavy atom. The molecule has 2 aromatic rings. The number of rotatable bonds is 8. The Labute approximate surface area is 174 Å². The van der Waals surface area contributed by atoms with E-state index in [-0.39, 0.29) is 17.6 Å². The van der Waals surface area contributed by atoms with Crippen LogP contribution < -0.4 is 0 Å². The molecule has 0 amide bonds. The smallest absolute Gasteiger partial charge is 0.126 e. The van der Waals surface area contributed by atoms with Crippen LogP contribution in [0.4, 0.5) is 8.78 Å². The fraction of sp³-hybridized carbons (Fsp3) is 0.333. The van der Waals surface area contributed by atoms with Crippen LogP contribution in [0.1, 0.15) is 61.8 Å². The van der Waals surface area contributed by atoms with E-state index in [1.165, 1.54) is 11.6 Å². The lowest BCUT2D eigenvalue weighted by atomic mass is 9.87. The number of halogens is 2. The molecule has 1 unspecified atom stereocenters. The zero-order valence-corrected chi connectivity index (χ0v) is 18.3. The summed E-state index contributed by atoms with van der Waals surface area (Å²) in [6.45, 7) is 14.3. The quantitative estimate of drug-likeness (QED) is 0.396. The summed E-state index contributed by atoms with van der Waals surface area (Å²) >= 11 is 0. The molecule has 0 aliphatic heterocycles. The average molecular weight is 395 g/mol. The molecule has 0 saturated heterocycles. The van der Waals surface area contributed by atoms with Crippen molar-refractivity contribution in [2.24, 2.45) is 0 Å². The summed E-state index contributed by atoms with van der Waals surface area (Å²) in [5.41, 5.74) is 7.01. The standard InChI is InChI=1S/C27H32F2/c1-7-9-23(15-20(5)26-13-12-24(28)16-21(26)6)25(8-2)19(4)14-22-11-10-18(3)27(29)17-22/h8,10-13,15-17,20H,4,7,9,14H2,1-3,5-6H3/b23-15-,25-8-. The highest BCUT2D eigenvalue weighted by Gasteiger charge is 2.13. The first-order valence-electron chi connectivity index (χ1n) is 10.3. The first kappa shape index (κ1) is 22.8. The highest BCUT2D eigenvalue weighted by molar-refractivity contribution is 5.49. The third-order valence-electron chi connectivity index (χ3n) is 5.36. The summed E-state index contributed by atoms with van der Waals surface area (Å²) in [4.78, 5) is 0. The van der Waals surface area contributed by atoms with Crippen molar-refractivity contribution in [3.05, 3.63) is 106 Å². The van der Waals surface area contributed by atoms with Crippen LogP contribution in [0.25, 0.3) is 0 Å². The van der Waals surface area contributed by atoms with Crippen LogP contribution in [0.3, 0.4) is 0 Å². The van der Waals surface area contributed by atoms with E-state index in [9.17, 15) is 8.78 Å². The Morgan fingerprint density at radius 1 is 1.07 bits per heavy atom. The fourth-order valence-corrected chi connectivity index (χ4v) is 3.82. The van der Waals surface area contributed by atoms with Gasteiger partial charge in [-0.2, -0.15) is 0 Å². The Bertz CT molecular complexity index is 932. The maximum atomic E-state index is 13.9. The number of hydrogen-bond donors (Lipinski definition) is 0. The van der Waals surface area contributed by atoms with Crippen molar-refractivity contribution in [1.82, 2.24) is 0 Å². The molecule has 0 aliphatic rings. The molecular weight excluding hydrogens is 362 g/mol. The summed E-state index contributed by atoms with van der Waals surface area (Å²) in [6.07, 6.45) is 6.93. The van der Waals surface area contributed by atoms with Crippen molar-refractivity contribution in [3.63, 3.8) is 0 Å². The minimum atomic E-state index is -0.205. The Balaban J connectivity index is 2.31. The van der Waals surface area contributed by atoms with Crippen LogP contribution in [0.5, 0.6) is 0 Å². The van der Waals surface area contributed by atoms with E-state index < -0.39 is 0 Å². The third kappa shape index (κ3) is 6.00. The minimum absolute atomic E-state index is 0.164. The molecule has 0 aliphatic carbocycles. The number of hydrogen-bond acceptors (Lipinski definition) is 0. The Kier molecular flexibility index (Phi) is 8.13. The van der Waals surface area contributed by atoms with E-state index in [0.29, 0.717) is 12.0 Å². The summed E-state index contributed by atoms with van der Waals surface area (Å²) < 4.78 is 27.4. The van der Waals surface area contributed by atoms with Gasteiger partial charge < -0.3 is 0 Å². The van der Waals surface area contributed by atoms with E-state index in [4.69, 9.17) is 0 Å². The topological polar surface area (TPSA) is 0 Å². The molecule has 0 heterocycles. The summed E-state index contributed by atoms with van der Waals surface area (Å²) in [5, 5.41) is 0. The van der Waals surface area contributed by atoms with E-state index in [1.54, 1.807) is 19.1 Å². The lowest BCUT2D eigenvalue weighted by molar-refractivity contribution is 0.616. The molecule has 0 nitrogen and oxygen atoms in total. The van der Waals surface area contributed by atoms with Gasteiger partial charge in [-0.3, -0.25) is 0 Å². The fourth-order valence-electron chi connectivity index (χ4n) is 3.82. The number of benzene rings is 2. The summed E-state index contributed by atoms with van der Waals surface area (Å²) in [5.74, 6) is -0.220. The summed E-state index contributed by atoms with van der Waals surface area (Å²) in [7, 11) is 0. The Morgan fingerprint density at radius 2 is 1.79 bits per heavy atom. The van der Waals surface area contributed by atoms with E-state index in [2.05, 4.69) is 32.6 Å². The van der Waals surface area contributed by atoms with Crippen molar-refractivity contribution in [2.75, 3.05) is 0 Å². The zero-order valence-electron chi connectivity index (χ0n) is 18.3. The van der Waals surface area contributed by atoms with Gasteiger partial charge in [-0.25, -0.2) is 8.78 Å². The molecule has 0 spiro atoms. The molecule has 0 bridgehead atoms. The molecule has 2 aromatic carbocycles. The number of allylic oxidation sites excluding steroid dienone is 5. The lowest BCUT2D eigenvalue weighted by Gasteiger charge is -2.18. The molecule has 1 atom stereocenters. The van der Waals surface area contributed by atoms with Crippen molar-refractivity contribution in [1.29, 1.82) is 0 Å². The van der Waals surface area contributed by atoms with Crippen LogP contribution in [0.2, 0.25) is 0 Å². The van der Waals surface area contributed by atoms with E-state index in [0.717, 1.165) is 40.7 Å². The van der Waals surface area contributed by atoms with Gasteiger partial charge in [0.15, 0.2) is 0 Å². The van der Waals surface area contributed by atoms with E-state index in [1.807, 2.05) is 32.0 Å². The van der Waals surface area contributed by atoms with Gasteiger partial charge in [-0.1, -0.05) is 57.2 Å². The lowest BCUT2D eigenvalue weighted by Crippen LogP contribution is -2.02. The molecule has 0 fully saturated rings. The first-order chi connectivity index (χ1) is 13.8. The highest BCUT2D eigenvalue weighted by Crippen LogP contribution is 2.30. The SMILES string of the molecule is C=C(Cc1ccc(C)c(F)c1)C(=C/C)/C(=C\C(C)c1ccc(F)cc1C)CCC. The molecule has 0 N–H and O–H groups in total. The van der Waals surface area contributed by atoms with Gasteiger partial charge in [0.05, 0.1) is 0 Å². The van der Waals surface area contributed by atoms with Crippen molar-refractivity contribution in [3.8, 4) is 0 Å². The van der Waals surface area contributed by atoms with Crippen LogP contribution in [0, 0.1) is 25.5 Å². The van der Waals surface area contributed by atoms with Crippen LogP contribution >= 0.6 is 0 Å². The second-order valence-corrected chi connectivity index (χ2v) is 7.80. The van der Waals surface area contributed by atoms with Gasteiger partial charge in [0.25, 0.3) is 0 Å². The normalized spacial score (nSPS) is 13.5. The molecule has 0 aromatic heterocycles. The molecule has 29 heavy (non-hydrogen) atoms. The van der Waals surface area contributed by atoms with Gasteiger partial charge in [-0.05, 0) is 96.7 Å². The predicted octanol–water partition coefficient (Wildman–Crippen LogP) is 8.16. The van der Waals surface area contributed by atoms with Crippen LogP contribution in [-0.2, 0) is 6.42 Å². The van der Waals surface area contributed by atoms with Gasteiger partial charge in [0.2, 0.25) is 0 Å². The largest absolute Gasteiger partial charge is 0.207 e. The maximum absolute atomic E-state index is 13.9. The Hall–Kier alpha value is -2.48. The zero-order chi connectivity index (χ0) is 21.6. The molecule has 2 heteroatoms. The first-order valence-corrected chi connectivity index (χ1v) is 10.3. The predicted molar refractivity (Wildman–Crippen MR) is 120 cm³/mol. The van der Waals surface area contributed by atoms with Gasteiger partial charge in [-0.15, -0.1) is 0 Å². The van der Waals surface area contributed by atoms with Gasteiger partial charge in [0, 0.05) is 0 Å². The van der Waals surface area contributed by atoms with E-state index >= 15 is 0 Å². The highest BCUT2D eigenvalue weighted by atomic mass is 19.1. The van der Waals surface area contributed by atoms with Gasteiger partial charge >= 0.3 is 0 Å². The van der Waals surface area contributed by atoms with Crippen LogP contribution in [-0.4, -0.2) is 0 Å². The third-order valence-corrected chi connectivity index (χ3v) is 5.36. The monoisotopic (exact) mass is 394 g/mol. The molecule has 2 rings (SSSR count). The van der Waals surface area contributed by atoms with Crippen molar-refractivity contribution >= 4 is 0 Å². The molecular formula is C27H32F2. The van der Waals surface area contributed by atoms with Gasteiger partial charge in [0.1, 0.15) is 11.6 Å². The van der Waals surface area contributed by atoms with Crippen molar-refractivity contribution < 1.29 is 8.78 Å². The molecule has 154 valence electrons. The summed E-state index contributed by atoms with van der Waals surface area (Å²) in [6, 6.07) is 10.4. The van der Waals surface area contributed by atoms with Crippen LogP contribution in [0.15, 0.2) is 71.8 Å². The molecule has 0 radical (unpaired) electrons. The molecule has 0 saturated carbocycles. The van der Waals surface area contributed by atoms with Crippen molar-refractivity contribution in [2.45, 2.75) is 59.8 Å².